The van der Waals surface area contributed by atoms with E-state index in [-0.39, 0.29) is 6.10 Å². The predicted octanol–water partition coefficient (Wildman–Crippen LogP) is 1.08. The van der Waals surface area contributed by atoms with Gasteiger partial charge in [-0.3, -0.25) is 4.79 Å². The van der Waals surface area contributed by atoms with Crippen LogP contribution in [0.15, 0.2) is 18.2 Å². The topological polar surface area (TPSA) is 26.3 Å². The molecule has 13 heavy (non-hydrogen) atoms. The minimum atomic E-state index is 0.0594. The maximum absolute atomic E-state index is 10.5. The van der Waals surface area contributed by atoms with Crippen LogP contribution in [0.25, 0.3) is 0 Å². The van der Waals surface area contributed by atoms with E-state index in [9.17, 15) is 4.79 Å². The second-order valence-corrected chi connectivity index (χ2v) is 3.08. The van der Waals surface area contributed by atoms with Crippen molar-refractivity contribution in [2.75, 3.05) is 0 Å². The normalized spacial score (nSPS) is 10.1. The van der Waals surface area contributed by atoms with Crippen molar-refractivity contribution in [2.45, 2.75) is 20.0 Å². The Morgan fingerprint density at radius 2 is 2.15 bits per heavy atom. The Hall–Kier alpha value is -1.25. The van der Waals surface area contributed by atoms with Gasteiger partial charge in [-0.25, -0.2) is 0 Å². The summed E-state index contributed by atoms with van der Waals surface area (Å²) in [6.07, 6.45) is 0.830. The maximum atomic E-state index is 10.5. The van der Waals surface area contributed by atoms with Crippen molar-refractivity contribution < 1.29 is 9.53 Å². The van der Waals surface area contributed by atoms with Crippen LogP contribution in [-0.2, 0) is 0 Å². The van der Waals surface area contributed by atoms with Crippen LogP contribution in [0.4, 0.5) is 0 Å². The van der Waals surface area contributed by atoms with Crippen LogP contribution < -0.4 is 10.2 Å². The lowest BCUT2D eigenvalue weighted by Crippen LogP contribution is -2.14. The highest BCUT2D eigenvalue weighted by atomic mass is 16.5. The predicted molar refractivity (Wildman–Crippen MR) is 53.0 cm³/mol. The first-order valence-electron chi connectivity index (χ1n) is 4.15. The number of ether oxygens (including phenoxy) is 1. The molecule has 0 spiro atoms. The largest absolute Gasteiger partial charge is 0.492 e. The Balaban J connectivity index is 2.96. The molecule has 0 aromatic heterocycles. The van der Waals surface area contributed by atoms with Gasteiger partial charge in [-0.2, -0.15) is 0 Å². The molecule has 2 nitrogen and oxygen atoms in total. The number of hydrogen-bond acceptors (Lipinski definition) is 2. The van der Waals surface area contributed by atoms with E-state index in [1.165, 1.54) is 0 Å². The fourth-order valence-electron chi connectivity index (χ4n) is 0.980. The molecular weight excluding hydrogens is 163 g/mol. The highest BCUT2D eigenvalue weighted by Crippen LogP contribution is 2.10. The highest BCUT2D eigenvalue weighted by molar-refractivity contribution is 6.34. The van der Waals surface area contributed by atoms with Gasteiger partial charge in [0, 0.05) is 5.56 Å². The number of benzene rings is 1. The Kier molecular flexibility index (Phi) is 3.12. The van der Waals surface area contributed by atoms with Gasteiger partial charge < -0.3 is 4.74 Å². The fraction of sp³-hybridized carbons (Fsp3) is 0.300. The SMILES string of the molecule is [B]c1ccc(C=O)cc1OC(C)C. The summed E-state index contributed by atoms with van der Waals surface area (Å²) in [7, 11) is 5.65. The van der Waals surface area contributed by atoms with Gasteiger partial charge in [0.2, 0.25) is 0 Å². The van der Waals surface area contributed by atoms with Gasteiger partial charge >= 0.3 is 0 Å². The number of carbonyl (C=O) groups is 1. The third-order valence-corrected chi connectivity index (χ3v) is 1.54. The van der Waals surface area contributed by atoms with Crippen molar-refractivity contribution in [1.29, 1.82) is 0 Å². The molecule has 0 saturated heterocycles. The van der Waals surface area contributed by atoms with Gasteiger partial charge in [0.25, 0.3) is 0 Å². The van der Waals surface area contributed by atoms with E-state index < -0.39 is 0 Å². The number of hydrogen-bond donors (Lipinski definition) is 0. The van der Waals surface area contributed by atoms with Crippen LogP contribution in [0.1, 0.15) is 24.2 Å². The van der Waals surface area contributed by atoms with Crippen molar-refractivity contribution in [3.8, 4) is 5.75 Å². The molecule has 0 unspecified atom stereocenters. The minimum Gasteiger partial charge on any atom is -0.492 e. The lowest BCUT2D eigenvalue weighted by Gasteiger charge is -2.12. The zero-order valence-electron chi connectivity index (χ0n) is 7.78. The Labute approximate surface area is 79.3 Å². The Morgan fingerprint density at radius 3 is 2.69 bits per heavy atom. The van der Waals surface area contributed by atoms with Crippen LogP contribution in [-0.4, -0.2) is 20.2 Å². The smallest absolute Gasteiger partial charge is 0.150 e. The second kappa shape index (κ2) is 4.12. The van der Waals surface area contributed by atoms with Gasteiger partial charge in [-0.05, 0) is 19.9 Å². The van der Waals surface area contributed by atoms with E-state index in [4.69, 9.17) is 12.6 Å². The van der Waals surface area contributed by atoms with E-state index in [2.05, 4.69) is 0 Å². The summed E-state index contributed by atoms with van der Waals surface area (Å²) in [5.74, 6) is 0.569. The van der Waals surface area contributed by atoms with E-state index in [1.807, 2.05) is 13.8 Å². The van der Waals surface area contributed by atoms with Crippen LogP contribution in [0.3, 0.4) is 0 Å². The van der Waals surface area contributed by atoms with Gasteiger partial charge in [-0.15, -0.1) is 0 Å². The monoisotopic (exact) mass is 174 g/mol. The van der Waals surface area contributed by atoms with Crippen LogP contribution in [0.2, 0.25) is 0 Å². The standard InChI is InChI=1S/C10H11BO2/c1-7(2)13-10-5-8(6-12)3-4-9(10)11/h3-7H,1-2H3. The third kappa shape index (κ3) is 2.62. The third-order valence-electron chi connectivity index (χ3n) is 1.54. The number of rotatable bonds is 3. The molecule has 1 rings (SSSR count). The minimum absolute atomic E-state index is 0.0594. The Morgan fingerprint density at radius 1 is 1.46 bits per heavy atom. The van der Waals surface area contributed by atoms with Crippen LogP contribution in [0.5, 0.6) is 5.75 Å². The summed E-state index contributed by atoms with van der Waals surface area (Å²) in [4.78, 5) is 10.5. The molecule has 3 heteroatoms. The van der Waals surface area contributed by atoms with Gasteiger partial charge in [0.05, 0.1) is 6.10 Å². The molecule has 0 amide bonds. The molecule has 0 aliphatic carbocycles. The van der Waals surface area contributed by atoms with Crippen molar-refractivity contribution >= 4 is 19.6 Å². The first-order chi connectivity index (χ1) is 6.13. The van der Waals surface area contributed by atoms with Gasteiger partial charge in [0.15, 0.2) is 0 Å². The van der Waals surface area contributed by atoms with Gasteiger partial charge in [0.1, 0.15) is 19.9 Å². The van der Waals surface area contributed by atoms with E-state index >= 15 is 0 Å². The van der Waals surface area contributed by atoms with Crippen LogP contribution >= 0.6 is 0 Å². The molecule has 2 radical (unpaired) electrons. The average molecular weight is 174 g/mol. The lowest BCUT2D eigenvalue weighted by molar-refractivity contribution is 0.112. The summed E-state index contributed by atoms with van der Waals surface area (Å²) in [6, 6.07) is 4.97. The molecule has 0 saturated carbocycles. The molecule has 0 bridgehead atoms. The number of carbonyl (C=O) groups excluding carboxylic acids is 1. The molecule has 1 aromatic rings. The van der Waals surface area contributed by atoms with E-state index in [1.54, 1.807) is 18.2 Å². The van der Waals surface area contributed by atoms with E-state index in [0.717, 1.165) is 6.29 Å². The van der Waals surface area contributed by atoms with Crippen molar-refractivity contribution in [3.05, 3.63) is 23.8 Å². The molecule has 0 fully saturated rings. The fourth-order valence-corrected chi connectivity index (χ4v) is 0.980. The molecular formula is C10H11BO2. The molecule has 0 atom stereocenters. The summed E-state index contributed by atoms with van der Waals surface area (Å²) < 4.78 is 5.40. The molecule has 0 N–H and O–H groups in total. The van der Waals surface area contributed by atoms with Crippen molar-refractivity contribution in [3.63, 3.8) is 0 Å². The molecule has 0 aliphatic rings. The average Bonchev–Trinajstić information content (AvgIpc) is 2.08. The molecule has 66 valence electrons. The molecule has 1 aromatic carbocycles. The van der Waals surface area contributed by atoms with Crippen molar-refractivity contribution in [1.82, 2.24) is 0 Å². The second-order valence-electron chi connectivity index (χ2n) is 3.08. The molecule has 0 aliphatic heterocycles. The first-order valence-corrected chi connectivity index (χ1v) is 4.15. The van der Waals surface area contributed by atoms with Gasteiger partial charge in [-0.1, -0.05) is 17.6 Å². The zero-order chi connectivity index (χ0) is 9.84. The molecule has 0 heterocycles. The quantitative estimate of drug-likeness (QED) is 0.506. The summed E-state index contributed by atoms with van der Waals surface area (Å²) >= 11 is 0. The lowest BCUT2D eigenvalue weighted by atomic mass is 9.94. The van der Waals surface area contributed by atoms with E-state index in [0.29, 0.717) is 16.8 Å². The summed E-state index contributed by atoms with van der Waals surface area (Å²) in [5, 5.41) is 0. The highest BCUT2D eigenvalue weighted by Gasteiger charge is 2.02. The maximum Gasteiger partial charge on any atom is 0.150 e. The zero-order valence-corrected chi connectivity index (χ0v) is 7.78. The summed E-state index contributed by atoms with van der Waals surface area (Å²) in [6.45, 7) is 3.82. The summed E-state index contributed by atoms with van der Waals surface area (Å²) in [5.41, 5.74) is 1.13. The van der Waals surface area contributed by atoms with Crippen LogP contribution in [0, 0.1) is 0 Å². The Bertz CT molecular complexity index is 308. The number of aldehydes is 1. The first kappa shape index (κ1) is 9.84. The van der Waals surface area contributed by atoms with Crippen molar-refractivity contribution in [2.24, 2.45) is 0 Å².